The summed E-state index contributed by atoms with van der Waals surface area (Å²) in [6.07, 6.45) is 13.7. The molecule has 4 aromatic rings. The van der Waals surface area contributed by atoms with E-state index in [1.165, 1.54) is 102 Å². The fraction of sp³-hybridized carbons (Fsp3) is 0.355. The summed E-state index contributed by atoms with van der Waals surface area (Å²) in [5, 5.41) is 5.36. The normalized spacial score (nSPS) is 11.4. The molecular weight excluding hydrogens is 372 g/mol. The van der Waals surface area contributed by atoms with Crippen molar-refractivity contribution in [3.05, 3.63) is 84.4 Å². The van der Waals surface area contributed by atoms with E-state index in [-0.39, 0.29) is 0 Å². The van der Waals surface area contributed by atoms with Gasteiger partial charge in [-0.1, -0.05) is 119 Å². The zero-order valence-electron chi connectivity index (χ0n) is 19.1. The van der Waals surface area contributed by atoms with Gasteiger partial charge in [-0.05, 0) is 69.3 Å². The average Bonchev–Trinajstić information content (AvgIpc) is 2.82. The number of hydrogen-bond acceptors (Lipinski definition) is 0. The van der Waals surface area contributed by atoms with Crippen LogP contribution in [0.25, 0.3) is 32.7 Å². The fourth-order valence-electron chi connectivity index (χ4n) is 4.65. The number of aryl methyl sites for hydroxylation is 1. The molecule has 4 aromatic carbocycles. The van der Waals surface area contributed by atoms with Crippen molar-refractivity contribution in [2.45, 2.75) is 71.1 Å². The predicted octanol–water partition coefficient (Wildman–Crippen LogP) is 9.73. The summed E-state index contributed by atoms with van der Waals surface area (Å²) in [5.41, 5.74) is 4.05. The Hall–Kier alpha value is -2.60. The molecule has 0 saturated heterocycles. The SMILES string of the molecule is CCCCCCCCCCCc1ccc2cc3cc(-c4ccccc4)ccc3cc2c1. The fourth-order valence-corrected chi connectivity index (χ4v) is 4.65. The third-order valence-electron chi connectivity index (χ3n) is 6.54. The standard InChI is InChI=1S/C31H36/c1-2-3-4-5-6-7-8-9-11-14-25-17-18-28-24-31-22-27(26-15-12-10-13-16-26)19-20-29(31)23-30(28)21-25/h10,12-13,15-24H,2-9,11,14H2,1H3. The first-order chi connectivity index (χ1) is 15.3. The minimum atomic E-state index is 1.21. The highest BCUT2D eigenvalue weighted by Gasteiger charge is 2.03. The van der Waals surface area contributed by atoms with E-state index in [2.05, 4.69) is 85.8 Å². The Bertz CT molecular complexity index is 1090. The van der Waals surface area contributed by atoms with Crippen LogP contribution >= 0.6 is 0 Å². The highest BCUT2D eigenvalue weighted by atomic mass is 14.1. The Morgan fingerprint density at radius 1 is 0.452 bits per heavy atom. The maximum Gasteiger partial charge on any atom is -0.0171 e. The van der Waals surface area contributed by atoms with Crippen LogP contribution < -0.4 is 0 Å². The zero-order chi connectivity index (χ0) is 21.3. The van der Waals surface area contributed by atoms with Crippen molar-refractivity contribution < 1.29 is 0 Å². The molecule has 0 fully saturated rings. The smallest absolute Gasteiger partial charge is 0.0171 e. The lowest BCUT2D eigenvalue weighted by molar-refractivity contribution is 0.565. The van der Waals surface area contributed by atoms with Crippen LogP contribution in [0.4, 0.5) is 0 Å². The highest BCUT2D eigenvalue weighted by molar-refractivity contribution is 5.99. The van der Waals surface area contributed by atoms with Crippen molar-refractivity contribution in [1.82, 2.24) is 0 Å². The van der Waals surface area contributed by atoms with E-state index < -0.39 is 0 Å². The van der Waals surface area contributed by atoms with Crippen LogP contribution in [0.3, 0.4) is 0 Å². The lowest BCUT2D eigenvalue weighted by Crippen LogP contribution is -1.88. The molecule has 4 rings (SSSR count). The summed E-state index contributed by atoms with van der Waals surface area (Å²) in [4.78, 5) is 0. The van der Waals surface area contributed by atoms with Crippen LogP contribution in [-0.2, 0) is 6.42 Å². The summed E-state index contributed by atoms with van der Waals surface area (Å²) in [6.45, 7) is 2.29. The maximum atomic E-state index is 2.41. The summed E-state index contributed by atoms with van der Waals surface area (Å²) in [5.74, 6) is 0. The summed E-state index contributed by atoms with van der Waals surface area (Å²) < 4.78 is 0. The third-order valence-corrected chi connectivity index (χ3v) is 6.54. The van der Waals surface area contributed by atoms with Crippen LogP contribution in [-0.4, -0.2) is 0 Å². The van der Waals surface area contributed by atoms with Crippen molar-refractivity contribution >= 4 is 21.5 Å². The van der Waals surface area contributed by atoms with E-state index in [0.29, 0.717) is 0 Å². The Labute approximate surface area is 188 Å². The number of hydrogen-bond donors (Lipinski definition) is 0. The van der Waals surface area contributed by atoms with Crippen LogP contribution in [0.5, 0.6) is 0 Å². The summed E-state index contributed by atoms with van der Waals surface area (Å²) >= 11 is 0. The van der Waals surface area contributed by atoms with Crippen LogP contribution in [0.1, 0.15) is 70.3 Å². The van der Waals surface area contributed by atoms with Gasteiger partial charge in [0.15, 0.2) is 0 Å². The summed E-state index contributed by atoms with van der Waals surface area (Å²) in [6, 6.07) is 29.2. The Balaban J connectivity index is 1.36. The lowest BCUT2D eigenvalue weighted by Gasteiger charge is -2.08. The number of benzene rings is 4. The number of fused-ring (bicyclic) bond motifs is 2. The highest BCUT2D eigenvalue weighted by Crippen LogP contribution is 2.29. The molecule has 0 aliphatic carbocycles. The molecule has 0 unspecified atom stereocenters. The van der Waals surface area contributed by atoms with Crippen molar-refractivity contribution in [3.63, 3.8) is 0 Å². The largest absolute Gasteiger partial charge is 0.0654 e. The van der Waals surface area contributed by atoms with Gasteiger partial charge in [0.05, 0.1) is 0 Å². The molecule has 0 radical (unpaired) electrons. The van der Waals surface area contributed by atoms with Gasteiger partial charge in [-0.15, -0.1) is 0 Å². The van der Waals surface area contributed by atoms with E-state index >= 15 is 0 Å². The van der Waals surface area contributed by atoms with Gasteiger partial charge in [0.2, 0.25) is 0 Å². The minimum Gasteiger partial charge on any atom is -0.0654 e. The van der Waals surface area contributed by atoms with Gasteiger partial charge < -0.3 is 0 Å². The molecule has 0 atom stereocenters. The van der Waals surface area contributed by atoms with Crippen LogP contribution in [0.15, 0.2) is 78.9 Å². The van der Waals surface area contributed by atoms with Gasteiger partial charge >= 0.3 is 0 Å². The van der Waals surface area contributed by atoms with E-state index in [4.69, 9.17) is 0 Å². The van der Waals surface area contributed by atoms with Crippen LogP contribution in [0, 0.1) is 0 Å². The van der Waals surface area contributed by atoms with E-state index in [9.17, 15) is 0 Å². The van der Waals surface area contributed by atoms with Crippen molar-refractivity contribution in [2.24, 2.45) is 0 Å². The second-order valence-corrected chi connectivity index (χ2v) is 9.04. The van der Waals surface area contributed by atoms with Crippen LogP contribution in [0.2, 0.25) is 0 Å². The molecule has 0 aromatic heterocycles. The van der Waals surface area contributed by atoms with Crippen molar-refractivity contribution in [1.29, 1.82) is 0 Å². The minimum absolute atomic E-state index is 1.21. The topological polar surface area (TPSA) is 0 Å². The third kappa shape index (κ3) is 5.97. The number of unbranched alkanes of at least 4 members (excludes halogenated alkanes) is 8. The molecule has 0 N–H and O–H groups in total. The molecular formula is C31H36. The lowest BCUT2D eigenvalue weighted by atomic mass is 9.96. The molecule has 0 bridgehead atoms. The van der Waals surface area contributed by atoms with Gasteiger partial charge in [-0.2, -0.15) is 0 Å². The van der Waals surface area contributed by atoms with Gasteiger partial charge in [0, 0.05) is 0 Å². The molecule has 0 spiro atoms. The first-order valence-electron chi connectivity index (χ1n) is 12.4. The Morgan fingerprint density at radius 2 is 1.06 bits per heavy atom. The predicted molar refractivity (Wildman–Crippen MR) is 138 cm³/mol. The monoisotopic (exact) mass is 408 g/mol. The zero-order valence-corrected chi connectivity index (χ0v) is 19.1. The van der Waals surface area contributed by atoms with E-state index in [0.717, 1.165) is 0 Å². The molecule has 0 heterocycles. The molecule has 0 heteroatoms. The summed E-state index contributed by atoms with van der Waals surface area (Å²) in [7, 11) is 0. The van der Waals surface area contributed by atoms with Gasteiger partial charge in [0.1, 0.15) is 0 Å². The molecule has 31 heavy (non-hydrogen) atoms. The second-order valence-electron chi connectivity index (χ2n) is 9.04. The average molecular weight is 409 g/mol. The molecule has 0 nitrogen and oxygen atoms in total. The van der Waals surface area contributed by atoms with Crippen molar-refractivity contribution in [3.8, 4) is 11.1 Å². The van der Waals surface area contributed by atoms with Gasteiger partial charge in [0.25, 0.3) is 0 Å². The number of rotatable bonds is 11. The molecule has 160 valence electrons. The Morgan fingerprint density at radius 3 is 1.77 bits per heavy atom. The first kappa shape index (κ1) is 21.6. The van der Waals surface area contributed by atoms with Crippen molar-refractivity contribution in [2.75, 3.05) is 0 Å². The van der Waals surface area contributed by atoms with Gasteiger partial charge in [-0.25, -0.2) is 0 Å². The molecule has 0 saturated carbocycles. The first-order valence-corrected chi connectivity index (χ1v) is 12.4. The Kier molecular flexibility index (Phi) is 7.77. The molecule has 0 aliphatic rings. The molecule has 0 amide bonds. The second kappa shape index (κ2) is 11.1. The quantitative estimate of drug-likeness (QED) is 0.171. The molecule has 0 aliphatic heterocycles. The van der Waals surface area contributed by atoms with E-state index in [1.807, 2.05) is 0 Å². The maximum absolute atomic E-state index is 2.41. The van der Waals surface area contributed by atoms with Gasteiger partial charge in [-0.3, -0.25) is 0 Å². The van der Waals surface area contributed by atoms with E-state index in [1.54, 1.807) is 0 Å².